The summed E-state index contributed by atoms with van der Waals surface area (Å²) in [6.45, 7) is -0.148. The Kier molecular flexibility index (Phi) is 11.2. The van der Waals surface area contributed by atoms with E-state index in [1.807, 2.05) is 0 Å². The highest BCUT2D eigenvalue weighted by Crippen LogP contribution is 2.68. The average molecular weight is 1190 g/mol. The zero-order valence-electron chi connectivity index (χ0n) is 50.4. The van der Waals surface area contributed by atoms with E-state index in [0.717, 1.165) is 79.9 Å². The van der Waals surface area contributed by atoms with Crippen LogP contribution >= 0.6 is 0 Å². The standard InChI is InChI=1S/C85H54B2N4O2/c1-5-25-55(26-6-1)86-67-33-13-15-35-71(67)90(57-29-9-3-10-30-57)83-69(86)51-49-65-81(83)61-53-59(88-73-37-17-21-41-77(73)92-78-42-22-18-38-74(78)88)45-47-63(61)85(65)64-48-46-60(89-75-39-19-23-43-79(75)93-80-44-24-20-40-76(80)89)54-62(64)82-66(85)50-52-70-84(82)91(58-31-11-4-12-32-58)72-36-16-14-34-68(72)87(70)56-27-7-2-8-28-56/h1-54H. The van der Waals surface area contributed by atoms with Gasteiger partial charge in [-0.25, -0.2) is 0 Å². The van der Waals surface area contributed by atoms with Gasteiger partial charge < -0.3 is 29.1 Å². The first-order valence-corrected chi connectivity index (χ1v) is 32.1. The van der Waals surface area contributed by atoms with Gasteiger partial charge in [-0.15, -0.1) is 0 Å². The third kappa shape index (κ3) is 7.31. The summed E-state index contributed by atoms with van der Waals surface area (Å²) in [4.78, 5) is 9.97. The summed E-state index contributed by atoms with van der Waals surface area (Å²) in [7, 11) is 0. The van der Waals surface area contributed by atoms with Gasteiger partial charge in [-0.05, 0) is 164 Å². The highest BCUT2D eigenvalue weighted by Gasteiger charge is 2.56. The smallest absolute Gasteiger partial charge is 0.246 e. The van der Waals surface area contributed by atoms with Crippen LogP contribution in [-0.2, 0) is 5.41 Å². The van der Waals surface area contributed by atoms with Crippen LogP contribution in [-0.4, -0.2) is 13.4 Å². The molecular formula is C85H54B2N4O2. The highest BCUT2D eigenvalue weighted by atomic mass is 16.5. The van der Waals surface area contributed by atoms with E-state index in [-0.39, 0.29) is 13.4 Å². The highest BCUT2D eigenvalue weighted by molar-refractivity contribution is 6.98. The average Bonchev–Trinajstić information content (AvgIpc) is 1.50. The third-order valence-corrected chi connectivity index (χ3v) is 20.3. The zero-order chi connectivity index (χ0) is 60.9. The summed E-state index contributed by atoms with van der Waals surface area (Å²) in [5.41, 5.74) is 29.3. The molecule has 93 heavy (non-hydrogen) atoms. The normalized spacial score (nSPS) is 14.2. The fourth-order valence-electron chi connectivity index (χ4n) is 16.7. The monoisotopic (exact) mass is 1180 g/mol. The Hall–Kier alpha value is -12.0. The van der Waals surface area contributed by atoms with Crippen molar-refractivity contribution in [3.8, 4) is 45.3 Å². The van der Waals surface area contributed by atoms with Crippen molar-refractivity contribution >= 4 is 114 Å². The van der Waals surface area contributed by atoms with Gasteiger partial charge in [0.15, 0.2) is 23.0 Å². The molecule has 0 bridgehead atoms. The van der Waals surface area contributed by atoms with Crippen molar-refractivity contribution in [3.63, 3.8) is 0 Å². The number of hydrogen-bond acceptors (Lipinski definition) is 6. The number of ether oxygens (including phenoxy) is 2. The van der Waals surface area contributed by atoms with E-state index in [1.54, 1.807) is 0 Å². The number of anilines is 12. The molecule has 0 fully saturated rings. The summed E-state index contributed by atoms with van der Waals surface area (Å²) in [6, 6.07) is 121. The van der Waals surface area contributed by atoms with E-state index >= 15 is 0 Å². The topological polar surface area (TPSA) is 31.4 Å². The van der Waals surface area contributed by atoms with Crippen molar-refractivity contribution in [1.82, 2.24) is 0 Å². The molecule has 4 heterocycles. The molecule has 6 aliphatic rings. The van der Waals surface area contributed by atoms with Gasteiger partial charge in [-0.3, -0.25) is 0 Å². The van der Waals surface area contributed by atoms with Crippen LogP contribution in [0.1, 0.15) is 22.3 Å². The summed E-state index contributed by atoms with van der Waals surface area (Å²) in [5, 5.41) is 0. The maximum atomic E-state index is 6.73. The quantitative estimate of drug-likeness (QED) is 0.154. The Labute approximate surface area is 540 Å². The second-order valence-electron chi connectivity index (χ2n) is 25.0. The van der Waals surface area contributed by atoms with Crippen molar-refractivity contribution < 1.29 is 9.47 Å². The van der Waals surface area contributed by atoms with Crippen LogP contribution in [0.2, 0.25) is 0 Å². The van der Waals surface area contributed by atoms with Crippen LogP contribution in [0.25, 0.3) is 22.3 Å². The Morgan fingerprint density at radius 3 is 0.925 bits per heavy atom. The Balaban J connectivity index is 0.949. The minimum absolute atomic E-state index is 0.0738. The molecule has 0 aromatic heterocycles. The fraction of sp³-hybridized carbons (Fsp3) is 0.0118. The van der Waals surface area contributed by atoms with Gasteiger partial charge >= 0.3 is 0 Å². The molecule has 0 unspecified atom stereocenters. The number of benzene rings is 14. The minimum atomic E-state index is -0.860. The molecule has 14 aromatic rings. The molecule has 14 aromatic carbocycles. The van der Waals surface area contributed by atoms with E-state index in [4.69, 9.17) is 9.47 Å². The molecule has 0 amide bonds. The second-order valence-corrected chi connectivity index (χ2v) is 25.0. The Morgan fingerprint density at radius 2 is 0.548 bits per heavy atom. The van der Waals surface area contributed by atoms with E-state index in [0.29, 0.717) is 0 Å². The molecule has 8 heteroatoms. The van der Waals surface area contributed by atoms with Gasteiger partial charge in [-0.1, -0.05) is 229 Å². The van der Waals surface area contributed by atoms with Crippen LogP contribution in [0.5, 0.6) is 23.0 Å². The molecule has 0 radical (unpaired) electrons. The second kappa shape index (κ2) is 20.0. The van der Waals surface area contributed by atoms with Crippen LogP contribution in [0.3, 0.4) is 0 Å². The zero-order valence-corrected chi connectivity index (χ0v) is 50.4. The van der Waals surface area contributed by atoms with E-state index in [2.05, 4.69) is 347 Å². The molecule has 20 rings (SSSR count). The van der Waals surface area contributed by atoms with Gasteiger partial charge in [0.1, 0.15) is 0 Å². The molecule has 0 atom stereocenters. The summed E-state index contributed by atoms with van der Waals surface area (Å²) < 4.78 is 13.5. The molecule has 432 valence electrons. The largest absolute Gasteiger partial charge is 0.453 e. The van der Waals surface area contributed by atoms with Crippen LogP contribution in [0.15, 0.2) is 328 Å². The van der Waals surface area contributed by atoms with E-state index in [9.17, 15) is 0 Å². The van der Waals surface area contributed by atoms with Crippen molar-refractivity contribution in [2.24, 2.45) is 0 Å². The van der Waals surface area contributed by atoms with Crippen molar-refractivity contribution in [3.05, 3.63) is 350 Å². The van der Waals surface area contributed by atoms with Gasteiger partial charge in [0.25, 0.3) is 0 Å². The minimum Gasteiger partial charge on any atom is -0.453 e. The Morgan fingerprint density at radius 1 is 0.237 bits per heavy atom. The van der Waals surface area contributed by atoms with Gasteiger partial charge in [0.05, 0.1) is 28.2 Å². The number of para-hydroxylation sites is 12. The molecule has 2 aliphatic carbocycles. The maximum Gasteiger partial charge on any atom is 0.246 e. The molecule has 4 aliphatic heterocycles. The van der Waals surface area contributed by atoms with Crippen molar-refractivity contribution in [2.75, 3.05) is 19.6 Å². The van der Waals surface area contributed by atoms with E-state index in [1.165, 1.54) is 88.7 Å². The number of hydrogen-bond donors (Lipinski definition) is 0. The predicted molar refractivity (Wildman–Crippen MR) is 384 cm³/mol. The van der Waals surface area contributed by atoms with Crippen LogP contribution in [0.4, 0.5) is 68.2 Å². The Bertz CT molecular complexity index is 4990. The lowest BCUT2D eigenvalue weighted by Crippen LogP contribution is -2.57. The van der Waals surface area contributed by atoms with Crippen LogP contribution in [0, 0.1) is 0 Å². The lowest BCUT2D eigenvalue weighted by Gasteiger charge is -2.40. The third-order valence-electron chi connectivity index (χ3n) is 20.3. The maximum absolute atomic E-state index is 6.73. The molecule has 6 nitrogen and oxygen atoms in total. The lowest BCUT2D eigenvalue weighted by molar-refractivity contribution is 0.477. The summed E-state index contributed by atoms with van der Waals surface area (Å²) >= 11 is 0. The summed E-state index contributed by atoms with van der Waals surface area (Å²) in [5.74, 6) is 3.25. The van der Waals surface area contributed by atoms with Crippen molar-refractivity contribution in [1.29, 1.82) is 0 Å². The fourth-order valence-corrected chi connectivity index (χ4v) is 16.7. The first-order chi connectivity index (χ1) is 46.2. The number of fused-ring (bicyclic) bond motifs is 20. The first kappa shape index (κ1) is 51.8. The molecule has 0 N–H and O–H groups in total. The van der Waals surface area contributed by atoms with Gasteiger partial charge in [0.2, 0.25) is 13.4 Å². The molecule has 1 spiro atoms. The van der Waals surface area contributed by atoms with E-state index < -0.39 is 5.41 Å². The lowest BCUT2D eigenvalue weighted by atomic mass is 9.35. The van der Waals surface area contributed by atoms with Gasteiger partial charge in [0, 0.05) is 56.6 Å². The number of nitrogens with zero attached hydrogens (tertiary/aromatic N) is 4. The van der Waals surface area contributed by atoms with Crippen LogP contribution < -0.4 is 61.9 Å². The van der Waals surface area contributed by atoms with Crippen molar-refractivity contribution in [2.45, 2.75) is 5.41 Å². The first-order valence-electron chi connectivity index (χ1n) is 32.1. The predicted octanol–water partition coefficient (Wildman–Crippen LogP) is 17.8. The summed E-state index contributed by atoms with van der Waals surface area (Å²) in [6.07, 6.45) is 0. The molecular weight excluding hydrogens is 1130 g/mol. The molecule has 0 saturated carbocycles. The van der Waals surface area contributed by atoms with Gasteiger partial charge in [-0.2, -0.15) is 0 Å². The molecule has 0 saturated heterocycles. The number of rotatable bonds is 6. The SMILES string of the molecule is c1ccc(B2c3ccccc3N(c3ccccc3)c3c2ccc2c3-c3cc(N4c5ccccc5Oc5ccccc54)ccc3C23c2ccc(N4c5ccccc5Oc5ccccc54)cc2-c2c3ccc3c2N(c2ccccc2)c2ccccc2B3c2ccccc2)cc1.